The van der Waals surface area contributed by atoms with Crippen molar-refractivity contribution in [3.63, 3.8) is 0 Å². The van der Waals surface area contributed by atoms with Crippen LogP contribution in [-0.2, 0) is 0 Å². The summed E-state index contributed by atoms with van der Waals surface area (Å²) in [6, 6.07) is 0. The maximum atomic E-state index is 2.44. The molecule has 0 spiro atoms. The van der Waals surface area contributed by atoms with E-state index in [2.05, 4.69) is 53.7 Å². The van der Waals surface area contributed by atoms with Gasteiger partial charge >= 0.3 is 0 Å². The predicted octanol–water partition coefficient (Wildman–Crippen LogP) is 6.60. The molecule has 0 heteroatoms. The first-order chi connectivity index (χ1) is 9.24. The summed E-state index contributed by atoms with van der Waals surface area (Å²) in [6.45, 7) is 14.3. The lowest BCUT2D eigenvalue weighted by atomic mass is 9.70. The van der Waals surface area contributed by atoms with Crippen molar-refractivity contribution in [2.24, 2.45) is 10.8 Å². The molecule has 0 aliphatic heterocycles. The molecule has 0 unspecified atom stereocenters. The topological polar surface area (TPSA) is 0 Å². The van der Waals surface area contributed by atoms with Gasteiger partial charge in [-0.2, -0.15) is 0 Å². The van der Waals surface area contributed by atoms with Gasteiger partial charge in [0.2, 0.25) is 0 Å². The molecular formula is C20H32. The molecule has 0 nitrogen and oxygen atoms in total. The number of rotatable bonds is 2. The average Bonchev–Trinajstić information content (AvgIpc) is 2.30. The van der Waals surface area contributed by atoms with Gasteiger partial charge in [-0.05, 0) is 74.3 Å². The highest BCUT2D eigenvalue weighted by Crippen LogP contribution is 2.44. The first kappa shape index (κ1) is 15.6. The molecule has 0 N–H and O–H groups in total. The molecule has 0 amide bonds. The first-order valence-corrected chi connectivity index (χ1v) is 8.32. The van der Waals surface area contributed by atoms with Crippen LogP contribution in [0, 0.1) is 10.8 Å². The van der Waals surface area contributed by atoms with Crippen LogP contribution < -0.4 is 0 Å². The number of hydrogen-bond donors (Lipinski definition) is 0. The normalized spacial score (nSPS) is 26.5. The van der Waals surface area contributed by atoms with Crippen LogP contribution in [0.25, 0.3) is 0 Å². The number of hydrogen-bond acceptors (Lipinski definition) is 0. The Labute approximate surface area is 126 Å². The Morgan fingerprint density at radius 1 is 0.700 bits per heavy atom. The highest BCUT2D eigenvalue weighted by atomic mass is 14.3. The highest BCUT2D eigenvalue weighted by Gasteiger charge is 2.29. The van der Waals surface area contributed by atoms with E-state index in [4.69, 9.17) is 0 Å². The lowest BCUT2D eigenvalue weighted by Gasteiger charge is -2.35. The van der Waals surface area contributed by atoms with E-state index < -0.39 is 0 Å². The Bertz CT molecular complexity index is 422. The fourth-order valence-electron chi connectivity index (χ4n) is 4.19. The minimum absolute atomic E-state index is 0.353. The monoisotopic (exact) mass is 272 g/mol. The first-order valence-electron chi connectivity index (χ1n) is 8.32. The van der Waals surface area contributed by atoms with Gasteiger partial charge in [-0.3, -0.25) is 0 Å². The van der Waals surface area contributed by atoms with Gasteiger partial charge in [-0.1, -0.05) is 51.0 Å². The Morgan fingerprint density at radius 3 is 1.35 bits per heavy atom. The standard InChI is InChI=1S/C20H32/c1-15-9-7-13-19(3,4)17(15)11-12-18-16(2)10-8-14-20(18,5)6/h11-12H,7-10,13-14H2,1-6H3/b12-11-. The molecule has 2 rings (SSSR count). The minimum atomic E-state index is 0.353. The maximum Gasteiger partial charge on any atom is -0.0104 e. The van der Waals surface area contributed by atoms with Gasteiger partial charge in [0.15, 0.2) is 0 Å². The lowest BCUT2D eigenvalue weighted by Crippen LogP contribution is -2.21. The second kappa shape index (κ2) is 5.54. The summed E-state index contributed by atoms with van der Waals surface area (Å²) in [6.07, 6.45) is 12.8. The summed E-state index contributed by atoms with van der Waals surface area (Å²) < 4.78 is 0. The predicted molar refractivity (Wildman–Crippen MR) is 89.8 cm³/mol. The van der Waals surface area contributed by atoms with Gasteiger partial charge in [0.1, 0.15) is 0 Å². The molecular weight excluding hydrogens is 240 g/mol. The molecule has 2 aliphatic carbocycles. The third kappa shape index (κ3) is 3.10. The molecule has 0 fully saturated rings. The molecule has 112 valence electrons. The van der Waals surface area contributed by atoms with Gasteiger partial charge in [-0.25, -0.2) is 0 Å². The van der Waals surface area contributed by atoms with Gasteiger partial charge in [0.25, 0.3) is 0 Å². The van der Waals surface area contributed by atoms with Gasteiger partial charge in [0.05, 0.1) is 0 Å². The molecule has 0 saturated carbocycles. The molecule has 2 aliphatic rings. The Kier molecular flexibility index (Phi) is 4.33. The van der Waals surface area contributed by atoms with Crippen LogP contribution in [0.2, 0.25) is 0 Å². The summed E-state index contributed by atoms with van der Waals surface area (Å²) in [4.78, 5) is 0. The minimum Gasteiger partial charge on any atom is -0.0696 e. The molecule has 0 aromatic heterocycles. The van der Waals surface area contributed by atoms with E-state index in [0.29, 0.717) is 10.8 Å². The highest BCUT2D eigenvalue weighted by molar-refractivity contribution is 5.40. The van der Waals surface area contributed by atoms with Crippen molar-refractivity contribution in [3.05, 3.63) is 34.4 Å². The van der Waals surface area contributed by atoms with Crippen LogP contribution in [0.4, 0.5) is 0 Å². The molecule has 20 heavy (non-hydrogen) atoms. The van der Waals surface area contributed by atoms with E-state index in [0.717, 1.165) is 0 Å². The second-order valence-corrected chi connectivity index (χ2v) is 8.20. The lowest BCUT2D eigenvalue weighted by molar-refractivity contribution is 0.371. The molecule has 0 bridgehead atoms. The Hall–Kier alpha value is -0.780. The van der Waals surface area contributed by atoms with E-state index in [1.165, 1.54) is 38.5 Å². The average molecular weight is 272 g/mol. The summed E-state index contributed by atoms with van der Waals surface area (Å²) in [5.41, 5.74) is 7.09. The Morgan fingerprint density at radius 2 is 1.05 bits per heavy atom. The fourth-order valence-corrected chi connectivity index (χ4v) is 4.19. The quantitative estimate of drug-likeness (QED) is 0.531. The molecule has 0 saturated heterocycles. The van der Waals surface area contributed by atoms with Crippen LogP contribution in [0.3, 0.4) is 0 Å². The van der Waals surface area contributed by atoms with Gasteiger partial charge in [0, 0.05) is 0 Å². The zero-order chi connectivity index (χ0) is 15.0. The third-order valence-corrected chi connectivity index (χ3v) is 5.50. The van der Waals surface area contributed by atoms with Crippen LogP contribution >= 0.6 is 0 Å². The van der Waals surface area contributed by atoms with Crippen molar-refractivity contribution in [1.82, 2.24) is 0 Å². The summed E-state index contributed by atoms with van der Waals surface area (Å²) in [5.74, 6) is 0. The van der Waals surface area contributed by atoms with Crippen molar-refractivity contribution in [3.8, 4) is 0 Å². The molecule has 0 radical (unpaired) electrons. The molecule has 0 aromatic carbocycles. The SMILES string of the molecule is CC1=C(/C=C\C2=C(C)CCCC2(C)C)C(C)(C)CCC1. The van der Waals surface area contributed by atoms with E-state index in [9.17, 15) is 0 Å². The van der Waals surface area contributed by atoms with Gasteiger partial charge < -0.3 is 0 Å². The van der Waals surface area contributed by atoms with Crippen molar-refractivity contribution in [2.75, 3.05) is 0 Å². The molecule has 0 heterocycles. The maximum absolute atomic E-state index is 2.44. The van der Waals surface area contributed by atoms with Crippen molar-refractivity contribution in [1.29, 1.82) is 0 Å². The van der Waals surface area contributed by atoms with Crippen molar-refractivity contribution in [2.45, 2.75) is 80.1 Å². The van der Waals surface area contributed by atoms with Crippen LogP contribution in [-0.4, -0.2) is 0 Å². The zero-order valence-corrected chi connectivity index (χ0v) is 14.4. The number of allylic oxidation sites excluding steroid dienone is 6. The van der Waals surface area contributed by atoms with Crippen molar-refractivity contribution >= 4 is 0 Å². The van der Waals surface area contributed by atoms with E-state index in [-0.39, 0.29) is 0 Å². The van der Waals surface area contributed by atoms with E-state index in [1.54, 1.807) is 22.3 Å². The zero-order valence-electron chi connectivity index (χ0n) is 14.4. The largest absolute Gasteiger partial charge is 0.0696 e. The smallest absolute Gasteiger partial charge is 0.0104 e. The third-order valence-electron chi connectivity index (χ3n) is 5.50. The second-order valence-electron chi connectivity index (χ2n) is 8.20. The van der Waals surface area contributed by atoms with E-state index in [1.807, 2.05) is 0 Å². The van der Waals surface area contributed by atoms with Crippen LogP contribution in [0.5, 0.6) is 0 Å². The van der Waals surface area contributed by atoms with E-state index >= 15 is 0 Å². The summed E-state index contributed by atoms with van der Waals surface area (Å²) in [5, 5.41) is 0. The summed E-state index contributed by atoms with van der Waals surface area (Å²) in [7, 11) is 0. The summed E-state index contributed by atoms with van der Waals surface area (Å²) >= 11 is 0. The van der Waals surface area contributed by atoms with Gasteiger partial charge in [-0.15, -0.1) is 0 Å². The Balaban J connectivity index is 2.33. The van der Waals surface area contributed by atoms with Crippen LogP contribution in [0.1, 0.15) is 80.1 Å². The molecule has 0 atom stereocenters. The molecule has 0 aromatic rings. The van der Waals surface area contributed by atoms with Crippen molar-refractivity contribution < 1.29 is 0 Å². The fraction of sp³-hybridized carbons (Fsp3) is 0.700. The van der Waals surface area contributed by atoms with Crippen LogP contribution in [0.15, 0.2) is 34.4 Å².